The normalized spacial score (nSPS) is 23.6. The predicted octanol–water partition coefficient (Wildman–Crippen LogP) is 4.87. The summed E-state index contributed by atoms with van der Waals surface area (Å²) in [5.41, 5.74) is 2.94. The number of rotatable bonds is 7. The summed E-state index contributed by atoms with van der Waals surface area (Å²) in [6.45, 7) is 2.16. The van der Waals surface area contributed by atoms with Gasteiger partial charge in [0.05, 0.1) is 12.7 Å². The van der Waals surface area contributed by atoms with Gasteiger partial charge in [-0.15, -0.1) is 0 Å². The number of aryl methyl sites for hydroxylation is 1. The number of hydrogen-bond donors (Lipinski definition) is 1. The molecule has 1 saturated carbocycles. The van der Waals surface area contributed by atoms with E-state index in [2.05, 4.69) is 20.0 Å². The van der Waals surface area contributed by atoms with Crippen molar-refractivity contribution in [3.63, 3.8) is 0 Å². The number of piperidine rings is 1. The Morgan fingerprint density at radius 2 is 1.94 bits per heavy atom. The van der Waals surface area contributed by atoms with Gasteiger partial charge in [-0.1, -0.05) is 17.3 Å². The first-order valence-electron chi connectivity index (χ1n) is 12.2. The number of aromatic carboxylic acids is 1. The van der Waals surface area contributed by atoms with Gasteiger partial charge in [-0.3, -0.25) is 0 Å². The molecule has 3 atom stereocenters. The SMILES string of the molecule is Cc1cc(C(=O)O)nc(N2[C@@H]3CC[C@H]2CC(OCc2c(-c4cccc(F)c4)noc2C2CC2)C3)n1. The molecule has 2 saturated heterocycles. The number of anilines is 1. The largest absolute Gasteiger partial charge is 0.477 e. The molecule has 2 aromatic heterocycles. The van der Waals surface area contributed by atoms with Crippen LogP contribution in [0.1, 0.15) is 71.9 Å². The Hall–Kier alpha value is -3.33. The van der Waals surface area contributed by atoms with E-state index in [1.54, 1.807) is 13.0 Å². The van der Waals surface area contributed by atoms with Crippen molar-refractivity contribution in [1.29, 1.82) is 0 Å². The van der Waals surface area contributed by atoms with Crippen molar-refractivity contribution in [3.05, 3.63) is 58.9 Å². The molecule has 35 heavy (non-hydrogen) atoms. The lowest BCUT2D eigenvalue weighted by atomic mass is 9.99. The molecule has 3 fully saturated rings. The van der Waals surface area contributed by atoms with Gasteiger partial charge in [-0.05, 0) is 63.6 Å². The van der Waals surface area contributed by atoms with Gasteiger partial charge in [-0.2, -0.15) is 0 Å². The molecular weight excluding hydrogens is 451 g/mol. The maximum Gasteiger partial charge on any atom is 0.354 e. The second-order valence-corrected chi connectivity index (χ2v) is 9.86. The maximum absolute atomic E-state index is 13.9. The Bertz CT molecular complexity index is 1260. The molecule has 0 radical (unpaired) electrons. The summed E-state index contributed by atoms with van der Waals surface area (Å²) in [6, 6.07) is 8.32. The topological polar surface area (TPSA) is 102 Å². The van der Waals surface area contributed by atoms with Crippen LogP contribution in [0.4, 0.5) is 10.3 Å². The summed E-state index contributed by atoms with van der Waals surface area (Å²) >= 11 is 0. The molecule has 3 aromatic rings. The zero-order valence-corrected chi connectivity index (χ0v) is 19.5. The molecule has 9 heteroatoms. The summed E-state index contributed by atoms with van der Waals surface area (Å²) in [7, 11) is 0. The molecule has 2 bridgehead atoms. The van der Waals surface area contributed by atoms with Crippen LogP contribution < -0.4 is 4.90 Å². The van der Waals surface area contributed by atoms with E-state index in [1.807, 2.05) is 6.07 Å². The zero-order chi connectivity index (χ0) is 24.1. The molecule has 0 amide bonds. The van der Waals surface area contributed by atoms with Gasteiger partial charge in [0.25, 0.3) is 0 Å². The predicted molar refractivity (Wildman–Crippen MR) is 125 cm³/mol. The minimum atomic E-state index is -1.04. The molecular formula is C26H27FN4O4. The van der Waals surface area contributed by atoms with E-state index in [1.165, 1.54) is 18.2 Å². The molecule has 8 nitrogen and oxygen atoms in total. The number of aromatic nitrogens is 3. The fraction of sp³-hybridized carbons (Fsp3) is 0.462. The summed E-state index contributed by atoms with van der Waals surface area (Å²) in [6.07, 6.45) is 5.82. The highest BCUT2D eigenvalue weighted by Gasteiger charge is 2.43. The summed E-state index contributed by atoms with van der Waals surface area (Å²) in [5.74, 6) is 0.370. The van der Waals surface area contributed by atoms with Crippen molar-refractivity contribution in [3.8, 4) is 11.3 Å². The Morgan fingerprint density at radius 3 is 2.63 bits per heavy atom. The maximum atomic E-state index is 13.9. The minimum Gasteiger partial charge on any atom is -0.477 e. The van der Waals surface area contributed by atoms with Crippen LogP contribution in [0, 0.1) is 12.7 Å². The molecule has 4 heterocycles. The Kier molecular flexibility index (Phi) is 5.51. The van der Waals surface area contributed by atoms with Crippen molar-refractivity contribution in [2.45, 2.75) is 76.2 Å². The lowest BCUT2D eigenvalue weighted by Crippen LogP contribution is -2.46. The second kappa shape index (κ2) is 8.71. The van der Waals surface area contributed by atoms with E-state index >= 15 is 0 Å². The second-order valence-electron chi connectivity index (χ2n) is 9.86. The van der Waals surface area contributed by atoms with Crippen LogP contribution >= 0.6 is 0 Å². The first-order valence-corrected chi connectivity index (χ1v) is 12.2. The van der Waals surface area contributed by atoms with Crippen molar-refractivity contribution in [2.24, 2.45) is 0 Å². The van der Waals surface area contributed by atoms with Gasteiger partial charge in [0.15, 0.2) is 5.69 Å². The number of nitrogens with zero attached hydrogens (tertiary/aromatic N) is 4. The number of hydrogen-bond acceptors (Lipinski definition) is 7. The van der Waals surface area contributed by atoms with E-state index in [0.29, 0.717) is 35.4 Å². The van der Waals surface area contributed by atoms with Crippen LogP contribution in [-0.2, 0) is 11.3 Å². The number of carboxylic acids is 1. The lowest BCUT2D eigenvalue weighted by molar-refractivity contribution is 0.0144. The van der Waals surface area contributed by atoms with E-state index in [0.717, 1.165) is 49.8 Å². The third-order valence-corrected chi connectivity index (χ3v) is 7.31. The summed E-state index contributed by atoms with van der Waals surface area (Å²) < 4.78 is 26.0. The van der Waals surface area contributed by atoms with Crippen molar-refractivity contribution in [1.82, 2.24) is 15.1 Å². The Morgan fingerprint density at radius 1 is 1.17 bits per heavy atom. The van der Waals surface area contributed by atoms with Gasteiger partial charge in [0.2, 0.25) is 5.95 Å². The highest BCUT2D eigenvalue weighted by atomic mass is 19.1. The molecule has 0 spiro atoms. The number of fused-ring (bicyclic) bond motifs is 2. The molecule has 1 aliphatic carbocycles. The van der Waals surface area contributed by atoms with Gasteiger partial charge >= 0.3 is 5.97 Å². The van der Waals surface area contributed by atoms with Crippen LogP contribution in [0.15, 0.2) is 34.9 Å². The number of benzene rings is 1. The van der Waals surface area contributed by atoms with Crippen LogP contribution in [0.25, 0.3) is 11.3 Å². The third kappa shape index (κ3) is 4.29. The van der Waals surface area contributed by atoms with E-state index in [4.69, 9.17) is 9.26 Å². The standard InChI is InChI=1S/C26H27FN4O4/c1-14-9-22(25(32)33)29-26(28-14)31-18-7-8-19(31)12-20(11-18)34-13-21-23(16-3-2-4-17(27)10-16)30-35-24(21)15-5-6-15/h2-4,9-10,15,18-20H,5-8,11-13H2,1H3,(H,32,33)/t18-,19+,20?. The average Bonchev–Trinajstić information content (AvgIpc) is 3.53. The molecule has 3 aliphatic rings. The highest BCUT2D eigenvalue weighted by molar-refractivity contribution is 5.85. The van der Waals surface area contributed by atoms with E-state index in [9.17, 15) is 14.3 Å². The number of ether oxygens (including phenoxy) is 1. The van der Waals surface area contributed by atoms with Crippen LogP contribution in [0.5, 0.6) is 0 Å². The summed E-state index contributed by atoms with van der Waals surface area (Å²) in [4.78, 5) is 22.5. The fourth-order valence-electron chi connectivity index (χ4n) is 5.56. The van der Waals surface area contributed by atoms with Crippen molar-refractivity contribution in [2.75, 3.05) is 4.90 Å². The van der Waals surface area contributed by atoms with Gasteiger partial charge < -0.3 is 19.3 Å². The number of carbonyl (C=O) groups is 1. The minimum absolute atomic E-state index is 0.0233. The van der Waals surface area contributed by atoms with Crippen LogP contribution in [-0.4, -0.2) is 44.4 Å². The first kappa shape index (κ1) is 22.2. The smallest absolute Gasteiger partial charge is 0.354 e. The fourth-order valence-corrected chi connectivity index (χ4v) is 5.56. The van der Waals surface area contributed by atoms with Gasteiger partial charge in [0.1, 0.15) is 17.3 Å². The van der Waals surface area contributed by atoms with Gasteiger partial charge in [0, 0.05) is 34.8 Å². The quantitative estimate of drug-likeness (QED) is 0.513. The van der Waals surface area contributed by atoms with E-state index in [-0.39, 0.29) is 29.7 Å². The summed E-state index contributed by atoms with van der Waals surface area (Å²) in [5, 5.41) is 13.7. The highest BCUT2D eigenvalue weighted by Crippen LogP contribution is 2.45. The van der Waals surface area contributed by atoms with Crippen LogP contribution in [0.3, 0.4) is 0 Å². The lowest BCUT2D eigenvalue weighted by Gasteiger charge is -2.39. The number of carboxylic acid groups (broad SMARTS) is 1. The van der Waals surface area contributed by atoms with Crippen molar-refractivity contribution < 1.29 is 23.6 Å². The third-order valence-electron chi connectivity index (χ3n) is 7.31. The Balaban J connectivity index is 1.19. The molecule has 1 N–H and O–H groups in total. The molecule has 1 aromatic carbocycles. The number of halogens is 1. The molecule has 2 aliphatic heterocycles. The van der Waals surface area contributed by atoms with Crippen molar-refractivity contribution >= 4 is 11.9 Å². The van der Waals surface area contributed by atoms with Crippen LogP contribution in [0.2, 0.25) is 0 Å². The molecule has 182 valence electrons. The van der Waals surface area contributed by atoms with E-state index < -0.39 is 5.97 Å². The Labute approximate surface area is 202 Å². The van der Waals surface area contributed by atoms with Gasteiger partial charge in [-0.25, -0.2) is 19.2 Å². The monoisotopic (exact) mass is 478 g/mol. The average molecular weight is 479 g/mol. The molecule has 1 unspecified atom stereocenters. The zero-order valence-electron chi connectivity index (χ0n) is 19.5. The molecule has 6 rings (SSSR count). The first-order chi connectivity index (χ1) is 17.0.